The Hall–Kier alpha value is -2.82. The first-order valence-corrected chi connectivity index (χ1v) is 8.56. The SMILES string of the molecule is CCCNC(=O)c1cccc(NC(=O)c2ccc(OCCC)cc2)c1. The van der Waals surface area contributed by atoms with Crippen molar-refractivity contribution in [3.05, 3.63) is 59.7 Å². The Morgan fingerprint density at radius 3 is 2.36 bits per heavy atom. The van der Waals surface area contributed by atoms with Gasteiger partial charge in [0.1, 0.15) is 5.75 Å². The standard InChI is InChI=1S/C20H24N2O3/c1-3-12-21-19(23)16-6-5-7-17(14-16)22-20(24)15-8-10-18(11-9-15)25-13-4-2/h5-11,14H,3-4,12-13H2,1-2H3,(H,21,23)(H,22,24). The van der Waals surface area contributed by atoms with E-state index in [-0.39, 0.29) is 11.8 Å². The first kappa shape index (κ1) is 18.5. The van der Waals surface area contributed by atoms with Crippen molar-refractivity contribution in [2.45, 2.75) is 26.7 Å². The molecule has 0 atom stereocenters. The van der Waals surface area contributed by atoms with E-state index in [2.05, 4.69) is 10.6 Å². The molecule has 2 aromatic rings. The van der Waals surface area contributed by atoms with E-state index in [4.69, 9.17) is 4.74 Å². The number of hydrogen-bond acceptors (Lipinski definition) is 3. The summed E-state index contributed by atoms with van der Waals surface area (Å²) >= 11 is 0. The van der Waals surface area contributed by atoms with E-state index in [9.17, 15) is 9.59 Å². The van der Waals surface area contributed by atoms with Crippen molar-refractivity contribution in [3.8, 4) is 5.75 Å². The number of carbonyl (C=O) groups excluding carboxylic acids is 2. The molecule has 2 amide bonds. The van der Waals surface area contributed by atoms with Crippen LogP contribution in [0.2, 0.25) is 0 Å². The fourth-order valence-electron chi connectivity index (χ4n) is 2.20. The molecule has 0 aliphatic carbocycles. The van der Waals surface area contributed by atoms with Crippen LogP contribution in [-0.2, 0) is 0 Å². The minimum absolute atomic E-state index is 0.143. The highest BCUT2D eigenvalue weighted by molar-refractivity contribution is 6.05. The summed E-state index contributed by atoms with van der Waals surface area (Å²) in [5.74, 6) is 0.372. The molecule has 5 nitrogen and oxygen atoms in total. The Morgan fingerprint density at radius 2 is 1.68 bits per heavy atom. The van der Waals surface area contributed by atoms with Gasteiger partial charge in [-0.2, -0.15) is 0 Å². The van der Waals surface area contributed by atoms with Crippen LogP contribution in [0.1, 0.15) is 47.4 Å². The second-order valence-corrected chi connectivity index (χ2v) is 5.66. The molecule has 2 rings (SSSR count). The van der Waals surface area contributed by atoms with Gasteiger partial charge >= 0.3 is 0 Å². The first-order chi connectivity index (χ1) is 12.1. The van der Waals surface area contributed by atoms with Gasteiger partial charge in [0.05, 0.1) is 6.61 Å². The summed E-state index contributed by atoms with van der Waals surface area (Å²) in [6.07, 6.45) is 1.81. The van der Waals surface area contributed by atoms with Crippen molar-refractivity contribution in [1.82, 2.24) is 5.32 Å². The average Bonchev–Trinajstić information content (AvgIpc) is 2.65. The monoisotopic (exact) mass is 340 g/mol. The van der Waals surface area contributed by atoms with Gasteiger partial charge in [-0.05, 0) is 55.3 Å². The molecular weight excluding hydrogens is 316 g/mol. The molecule has 0 bridgehead atoms. The topological polar surface area (TPSA) is 67.4 Å². The molecule has 0 aromatic heterocycles. The molecule has 0 spiro atoms. The third kappa shape index (κ3) is 5.64. The van der Waals surface area contributed by atoms with Gasteiger partial charge in [0, 0.05) is 23.4 Å². The van der Waals surface area contributed by atoms with E-state index in [0.29, 0.717) is 30.0 Å². The molecule has 5 heteroatoms. The number of rotatable bonds is 8. The van der Waals surface area contributed by atoms with Crippen LogP contribution in [0.3, 0.4) is 0 Å². The summed E-state index contributed by atoms with van der Waals surface area (Å²) < 4.78 is 5.51. The maximum absolute atomic E-state index is 12.3. The molecule has 2 aromatic carbocycles. The second kappa shape index (κ2) is 9.47. The summed E-state index contributed by atoms with van der Waals surface area (Å²) in [6.45, 7) is 5.31. The molecule has 132 valence electrons. The Balaban J connectivity index is 2.01. The number of benzene rings is 2. The number of carbonyl (C=O) groups is 2. The quantitative estimate of drug-likeness (QED) is 0.766. The molecule has 2 N–H and O–H groups in total. The van der Waals surface area contributed by atoms with Gasteiger partial charge in [-0.1, -0.05) is 19.9 Å². The number of hydrogen-bond donors (Lipinski definition) is 2. The normalized spacial score (nSPS) is 10.2. The van der Waals surface area contributed by atoms with Crippen molar-refractivity contribution in [2.75, 3.05) is 18.5 Å². The van der Waals surface area contributed by atoms with E-state index < -0.39 is 0 Å². The van der Waals surface area contributed by atoms with Gasteiger partial charge < -0.3 is 15.4 Å². The van der Waals surface area contributed by atoms with Gasteiger partial charge in [-0.15, -0.1) is 0 Å². The Kier molecular flexibility index (Phi) is 7.01. The van der Waals surface area contributed by atoms with Gasteiger partial charge in [0.15, 0.2) is 0 Å². The predicted molar refractivity (Wildman–Crippen MR) is 99.2 cm³/mol. The van der Waals surface area contributed by atoms with Gasteiger partial charge in [0.2, 0.25) is 0 Å². The van der Waals surface area contributed by atoms with Crippen LogP contribution in [0.15, 0.2) is 48.5 Å². The largest absolute Gasteiger partial charge is 0.494 e. The van der Waals surface area contributed by atoms with Crippen LogP contribution < -0.4 is 15.4 Å². The van der Waals surface area contributed by atoms with Crippen LogP contribution in [0.5, 0.6) is 5.75 Å². The fraction of sp³-hybridized carbons (Fsp3) is 0.300. The summed E-state index contributed by atoms with van der Waals surface area (Å²) in [5.41, 5.74) is 1.64. The summed E-state index contributed by atoms with van der Waals surface area (Å²) in [7, 11) is 0. The van der Waals surface area contributed by atoms with E-state index in [1.807, 2.05) is 13.8 Å². The highest BCUT2D eigenvalue weighted by atomic mass is 16.5. The molecular formula is C20H24N2O3. The zero-order valence-electron chi connectivity index (χ0n) is 14.7. The van der Waals surface area contributed by atoms with E-state index in [1.165, 1.54) is 0 Å². The molecule has 0 fully saturated rings. The lowest BCUT2D eigenvalue weighted by Crippen LogP contribution is -2.24. The Labute approximate surface area is 148 Å². The lowest BCUT2D eigenvalue weighted by molar-refractivity contribution is 0.0952. The van der Waals surface area contributed by atoms with Gasteiger partial charge in [-0.3, -0.25) is 9.59 Å². The molecule has 0 heterocycles. The van der Waals surface area contributed by atoms with Crippen LogP contribution in [0, 0.1) is 0 Å². The molecule has 0 aliphatic rings. The second-order valence-electron chi connectivity index (χ2n) is 5.66. The van der Waals surface area contributed by atoms with Crippen LogP contribution >= 0.6 is 0 Å². The third-order valence-corrected chi connectivity index (χ3v) is 3.51. The number of ether oxygens (including phenoxy) is 1. The van der Waals surface area contributed by atoms with Crippen LogP contribution in [0.4, 0.5) is 5.69 Å². The zero-order chi connectivity index (χ0) is 18.1. The summed E-state index contributed by atoms with van der Waals surface area (Å²) in [5, 5.41) is 5.63. The van der Waals surface area contributed by atoms with Crippen molar-refractivity contribution in [3.63, 3.8) is 0 Å². The molecule has 25 heavy (non-hydrogen) atoms. The first-order valence-electron chi connectivity index (χ1n) is 8.56. The Morgan fingerprint density at radius 1 is 0.920 bits per heavy atom. The lowest BCUT2D eigenvalue weighted by atomic mass is 10.1. The average molecular weight is 340 g/mol. The van der Waals surface area contributed by atoms with Crippen molar-refractivity contribution in [1.29, 1.82) is 0 Å². The molecule has 0 radical (unpaired) electrons. The number of nitrogens with one attached hydrogen (secondary N) is 2. The smallest absolute Gasteiger partial charge is 0.255 e. The predicted octanol–water partition coefficient (Wildman–Crippen LogP) is 3.87. The van der Waals surface area contributed by atoms with E-state index in [0.717, 1.165) is 18.6 Å². The summed E-state index contributed by atoms with van der Waals surface area (Å²) in [6, 6.07) is 13.9. The molecule has 0 saturated heterocycles. The van der Waals surface area contributed by atoms with Crippen LogP contribution in [-0.4, -0.2) is 25.0 Å². The Bertz CT molecular complexity index is 711. The molecule has 0 unspecified atom stereocenters. The van der Waals surface area contributed by atoms with Crippen LogP contribution in [0.25, 0.3) is 0 Å². The molecule has 0 saturated carbocycles. The van der Waals surface area contributed by atoms with Gasteiger partial charge in [0.25, 0.3) is 11.8 Å². The van der Waals surface area contributed by atoms with Crippen molar-refractivity contribution >= 4 is 17.5 Å². The zero-order valence-corrected chi connectivity index (χ0v) is 14.7. The molecule has 0 aliphatic heterocycles. The van der Waals surface area contributed by atoms with E-state index >= 15 is 0 Å². The highest BCUT2D eigenvalue weighted by Crippen LogP contribution is 2.15. The highest BCUT2D eigenvalue weighted by Gasteiger charge is 2.09. The maximum atomic E-state index is 12.3. The third-order valence-electron chi connectivity index (χ3n) is 3.51. The van der Waals surface area contributed by atoms with Crippen molar-refractivity contribution < 1.29 is 14.3 Å². The minimum Gasteiger partial charge on any atom is -0.494 e. The maximum Gasteiger partial charge on any atom is 0.255 e. The summed E-state index contributed by atoms with van der Waals surface area (Å²) in [4.78, 5) is 24.3. The lowest BCUT2D eigenvalue weighted by Gasteiger charge is -2.09. The van der Waals surface area contributed by atoms with E-state index in [1.54, 1.807) is 48.5 Å². The number of anilines is 1. The fourth-order valence-corrected chi connectivity index (χ4v) is 2.20. The number of amides is 2. The van der Waals surface area contributed by atoms with Crippen molar-refractivity contribution in [2.24, 2.45) is 0 Å². The minimum atomic E-state index is -0.229. The van der Waals surface area contributed by atoms with Gasteiger partial charge in [-0.25, -0.2) is 0 Å².